The molecule has 1 aromatic rings. The van der Waals surface area contributed by atoms with Crippen LogP contribution in [-0.2, 0) is 0 Å². The molecule has 2 atom stereocenters. The molecule has 0 aliphatic rings. The van der Waals surface area contributed by atoms with Gasteiger partial charge in [0.15, 0.2) is 0 Å². The number of aliphatic hydroxyl groups excluding tert-OH is 1. The molecule has 0 bridgehead atoms. The summed E-state index contributed by atoms with van der Waals surface area (Å²) < 4.78 is 18.2. The maximum atomic E-state index is 13.1. The van der Waals surface area contributed by atoms with Gasteiger partial charge in [0, 0.05) is 17.5 Å². The Hall–Kier alpha value is -1.13. The molecule has 0 saturated carbocycles. The SMILES string of the molecule is COc1ccc(F)cc1C(C)C(N)CO. The second-order valence-corrected chi connectivity index (χ2v) is 3.52. The summed E-state index contributed by atoms with van der Waals surface area (Å²) in [5.41, 5.74) is 6.37. The lowest BCUT2D eigenvalue weighted by molar-refractivity contribution is 0.251. The molecule has 3 nitrogen and oxygen atoms in total. The Morgan fingerprint density at radius 1 is 1.53 bits per heavy atom. The summed E-state index contributed by atoms with van der Waals surface area (Å²) in [4.78, 5) is 0. The molecule has 84 valence electrons. The van der Waals surface area contributed by atoms with Gasteiger partial charge in [0.1, 0.15) is 11.6 Å². The fraction of sp³-hybridized carbons (Fsp3) is 0.455. The molecule has 0 aromatic heterocycles. The minimum absolute atomic E-state index is 0.138. The lowest BCUT2D eigenvalue weighted by atomic mass is 9.93. The molecule has 0 spiro atoms. The monoisotopic (exact) mass is 213 g/mol. The Bertz CT molecular complexity index is 330. The highest BCUT2D eigenvalue weighted by Crippen LogP contribution is 2.28. The first kappa shape index (κ1) is 11.9. The highest BCUT2D eigenvalue weighted by Gasteiger charge is 2.18. The van der Waals surface area contributed by atoms with Crippen LogP contribution in [0.15, 0.2) is 18.2 Å². The minimum Gasteiger partial charge on any atom is -0.496 e. The normalized spacial score (nSPS) is 14.7. The number of methoxy groups -OCH3 is 1. The average Bonchev–Trinajstić information content (AvgIpc) is 2.27. The van der Waals surface area contributed by atoms with E-state index in [1.165, 1.54) is 19.2 Å². The van der Waals surface area contributed by atoms with Crippen LogP contribution in [0.5, 0.6) is 5.75 Å². The van der Waals surface area contributed by atoms with Crippen molar-refractivity contribution in [1.82, 2.24) is 0 Å². The van der Waals surface area contributed by atoms with Gasteiger partial charge in [0.25, 0.3) is 0 Å². The number of benzene rings is 1. The van der Waals surface area contributed by atoms with Crippen molar-refractivity contribution in [1.29, 1.82) is 0 Å². The molecule has 0 fully saturated rings. The fourth-order valence-electron chi connectivity index (χ4n) is 1.45. The van der Waals surface area contributed by atoms with E-state index < -0.39 is 6.04 Å². The zero-order chi connectivity index (χ0) is 11.4. The number of aliphatic hydroxyl groups is 1. The Kier molecular flexibility index (Phi) is 4.05. The first-order chi connectivity index (χ1) is 7.10. The molecular formula is C11H16FNO2. The molecule has 0 aliphatic heterocycles. The van der Waals surface area contributed by atoms with E-state index in [1.54, 1.807) is 6.07 Å². The summed E-state index contributed by atoms with van der Waals surface area (Å²) in [5, 5.41) is 8.94. The zero-order valence-electron chi connectivity index (χ0n) is 8.90. The standard InChI is InChI=1S/C11H16FNO2/c1-7(10(13)6-14)9-5-8(12)3-4-11(9)15-2/h3-5,7,10,14H,6,13H2,1-2H3. The number of hydrogen-bond donors (Lipinski definition) is 2. The van der Waals surface area contributed by atoms with Crippen molar-refractivity contribution in [2.24, 2.45) is 5.73 Å². The fourth-order valence-corrected chi connectivity index (χ4v) is 1.45. The summed E-state index contributed by atoms with van der Waals surface area (Å²) in [6.45, 7) is 1.69. The van der Waals surface area contributed by atoms with Gasteiger partial charge in [-0.25, -0.2) is 4.39 Å². The third-order valence-corrected chi connectivity index (χ3v) is 2.54. The zero-order valence-corrected chi connectivity index (χ0v) is 8.90. The van der Waals surface area contributed by atoms with E-state index in [4.69, 9.17) is 15.6 Å². The third kappa shape index (κ3) is 2.67. The number of nitrogens with two attached hydrogens (primary N) is 1. The smallest absolute Gasteiger partial charge is 0.123 e. The average molecular weight is 213 g/mol. The molecule has 4 heteroatoms. The molecule has 0 radical (unpaired) electrons. The largest absolute Gasteiger partial charge is 0.496 e. The van der Waals surface area contributed by atoms with Crippen molar-refractivity contribution in [3.05, 3.63) is 29.6 Å². The number of hydrogen-bond acceptors (Lipinski definition) is 3. The maximum Gasteiger partial charge on any atom is 0.123 e. The number of rotatable bonds is 4. The highest BCUT2D eigenvalue weighted by atomic mass is 19.1. The molecule has 0 amide bonds. The Balaban J connectivity index is 3.05. The van der Waals surface area contributed by atoms with E-state index in [0.29, 0.717) is 11.3 Å². The topological polar surface area (TPSA) is 55.5 Å². The van der Waals surface area contributed by atoms with Crippen LogP contribution < -0.4 is 10.5 Å². The van der Waals surface area contributed by atoms with Crippen LogP contribution in [0.1, 0.15) is 18.4 Å². The lowest BCUT2D eigenvalue weighted by Crippen LogP contribution is -2.30. The Labute approximate surface area is 88.7 Å². The molecule has 1 aromatic carbocycles. The van der Waals surface area contributed by atoms with Crippen LogP contribution in [0.2, 0.25) is 0 Å². The lowest BCUT2D eigenvalue weighted by Gasteiger charge is -2.20. The summed E-state index contributed by atoms with van der Waals surface area (Å²) in [5.74, 6) is 0.108. The van der Waals surface area contributed by atoms with Crippen LogP contribution in [0, 0.1) is 5.82 Å². The van der Waals surface area contributed by atoms with E-state index >= 15 is 0 Å². The Morgan fingerprint density at radius 3 is 2.73 bits per heavy atom. The molecule has 3 N–H and O–H groups in total. The van der Waals surface area contributed by atoms with Gasteiger partial charge >= 0.3 is 0 Å². The Morgan fingerprint density at radius 2 is 2.20 bits per heavy atom. The van der Waals surface area contributed by atoms with Gasteiger partial charge in [-0.2, -0.15) is 0 Å². The van der Waals surface area contributed by atoms with Gasteiger partial charge in [0.2, 0.25) is 0 Å². The van der Waals surface area contributed by atoms with Crippen LogP contribution in [0.4, 0.5) is 4.39 Å². The quantitative estimate of drug-likeness (QED) is 0.791. The highest BCUT2D eigenvalue weighted by molar-refractivity contribution is 5.37. The van der Waals surface area contributed by atoms with Gasteiger partial charge in [-0.15, -0.1) is 0 Å². The van der Waals surface area contributed by atoms with Gasteiger partial charge in [0.05, 0.1) is 13.7 Å². The number of halogens is 1. The molecule has 15 heavy (non-hydrogen) atoms. The van der Waals surface area contributed by atoms with Crippen molar-refractivity contribution >= 4 is 0 Å². The summed E-state index contributed by atoms with van der Waals surface area (Å²) >= 11 is 0. The molecule has 0 heterocycles. The van der Waals surface area contributed by atoms with Crippen LogP contribution in [0.3, 0.4) is 0 Å². The molecular weight excluding hydrogens is 197 g/mol. The van der Waals surface area contributed by atoms with Gasteiger partial charge < -0.3 is 15.6 Å². The second-order valence-electron chi connectivity index (χ2n) is 3.52. The molecule has 1 rings (SSSR count). The van der Waals surface area contributed by atoms with Gasteiger partial charge in [-0.3, -0.25) is 0 Å². The minimum atomic E-state index is -0.416. The van der Waals surface area contributed by atoms with E-state index in [0.717, 1.165) is 0 Å². The van der Waals surface area contributed by atoms with E-state index in [-0.39, 0.29) is 18.3 Å². The second kappa shape index (κ2) is 5.09. The third-order valence-electron chi connectivity index (χ3n) is 2.54. The molecule has 0 saturated heterocycles. The van der Waals surface area contributed by atoms with Crippen LogP contribution >= 0.6 is 0 Å². The van der Waals surface area contributed by atoms with Gasteiger partial charge in [-0.05, 0) is 18.2 Å². The summed E-state index contributed by atoms with van der Waals surface area (Å²) in [7, 11) is 1.52. The van der Waals surface area contributed by atoms with Crippen molar-refractivity contribution in [2.45, 2.75) is 18.9 Å². The first-order valence-electron chi connectivity index (χ1n) is 4.80. The van der Waals surface area contributed by atoms with E-state index in [1.807, 2.05) is 6.92 Å². The predicted molar refractivity (Wildman–Crippen MR) is 56.4 cm³/mol. The van der Waals surface area contributed by atoms with Gasteiger partial charge in [-0.1, -0.05) is 6.92 Å². The first-order valence-corrected chi connectivity index (χ1v) is 4.80. The van der Waals surface area contributed by atoms with Crippen molar-refractivity contribution in [2.75, 3.05) is 13.7 Å². The van der Waals surface area contributed by atoms with Crippen molar-refractivity contribution in [3.63, 3.8) is 0 Å². The predicted octanol–water partition coefficient (Wildman–Crippen LogP) is 1.26. The van der Waals surface area contributed by atoms with E-state index in [2.05, 4.69) is 0 Å². The van der Waals surface area contributed by atoms with E-state index in [9.17, 15) is 4.39 Å². The number of ether oxygens (including phenoxy) is 1. The molecule has 2 unspecified atom stereocenters. The van der Waals surface area contributed by atoms with Crippen LogP contribution in [0.25, 0.3) is 0 Å². The van der Waals surface area contributed by atoms with Crippen molar-refractivity contribution < 1.29 is 14.2 Å². The molecule has 0 aliphatic carbocycles. The maximum absolute atomic E-state index is 13.1. The summed E-state index contributed by atoms with van der Waals surface area (Å²) in [6.07, 6.45) is 0. The van der Waals surface area contributed by atoms with Crippen molar-refractivity contribution in [3.8, 4) is 5.75 Å². The summed E-state index contributed by atoms with van der Waals surface area (Å²) in [6, 6.07) is 3.87. The van der Waals surface area contributed by atoms with Crippen LogP contribution in [-0.4, -0.2) is 24.9 Å².